The van der Waals surface area contributed by atoms with Crippen LogP contribution in [0, 0.1) is 18.3 Å². The van der Waals surface area contributed by atoms with Crippen molar-refractivity contribution in [2.45, 2.75) is 19.8 Å². The second-order valence-electron chi connectivity index (χ2n) is 5.91. The van der Waals surface area contributed by atoms with Crippen LogP contribution in [0.1, 0.15) is 28.8 Å². The van der Waals surface area contributed by atoms with Crippen molar-refractivity contribution >= 4 is 17.4 Å². The number of benzene rings is 1. The third-order valence-electron chi connectivity index (χ3n) is 3.88. The summed E-state index contributed by atoms with van der Waals surface area (Å²) in [7, 11) is 1.84. The van der Waals surface area contributed by atoms with Crippen molar-refractivity contribution < 1.29 is 4.79 Å². The van der Waals surface area contributed by atoms with Crippen LogP contribution in [0.15, 0.2) is 42.9 Å². The number of ketones is 1. The van der Waals surface area contributed by atoms with Gasteiger partial charge in [0.25, 0.3) is 0 Å². The fraction of sp³-hybridized carbons (Fsp3) is 0.211. The lowest BCUT2D eigenvalue weighted by Gasteiger charge is -2.09. The van der Waals surface area contributed by atoms with E-state index >= 15 is 0 Å². The molecule has 0 bridgehead atoms. The van der Waals surface area contributed by atoms with Gasteiger partial charge in [-0.3, -0.25) is 9.48 Å². The number of rotatable bonds is 6. The average Bonchev–Trinajstić information content (AvgIpc) is 3.06. The molecule has 0 atom stereocenters. The van der Waals surface area contributed by atoms with E-state index < -0.39 is 0 Å². The van der Waals surface area contributed by atoms with Gasteiger partial charge in [0, 0.05) is 43.4 Å². The highest BCUT2D eigenvalue weighted by molar-refractivity contribution is 5.96. The van der Waals surface area contributed by atoms with Gasteiger partial charge in [-0.25, -0.2) is 9.97 Å². The number of Topliss-reactive ketones (excluding diaryl/α,β-unsaturated/α-hetero) is 1. The molecule has 0 saturated heterocycles. The van der Waals surface area contributed by atoms with Crippen LogP contribution in [0.5, 0.6) is 0 Å². The summed E-state index contributed by atoms with van der Waals surface area (Å²) in [6.07, 6.45) is 5.76. The molecule has 0 aliphatic rings. The maximum atomic E-state index is 12.0. The molecule has 1 aromatic carbocycles. The summed E-state index contributed by atoms with van der Waals surface area (Å²) in [5, 5.41) is 15.8. The number of hydrogen-bond acceptors (Lipinski definition) is 6. The van der Waals surface area contributed by atoms with Crippen LogP contribution in [0.4, 0.5) is 11.6 Å². The Bertz CT molecular complexity index is 968. The zero-order chi connectivity index (χ0) is 18.5. The van der Waals surface area contributed by atoms with Gasteiger partial charge in [0.05, 0.1) is 23.6 Å². The predicted molar refractivity (Wildman–Crippen MR) is 97.9 cm³/mol. The summed E-state index contributed by atoms with van der Waals surface area (Å²) in [6.45, 7) is 1.94. The van der Waals surface area contributed by atoms with Crippen molar-refractivity contribution in [2.75, 3.05) is 5.32 Å². The number of carbonyl (C=O) groups excluding carboxylic acids is 1. The Morgan fingerprint density at radius 1 is 1.27 bits per heavy atom. The summed E-state index contributed by atoms with van der Waals surface area (Å²) in [4.78, 5) is 20.9. The Morgan fingerprint density at radius 2 is 2.04 bits per heavy atom. The van der Waals surface area contributed by atoms with Gasteiger partial charge in [-0.2, -0.15) is 10.4 Å². The monoisotopic (exact) mass is 346 g/mol. The van der Waals surface area contributed by atoms with Crippen LogP contribution in [0.25, 0.3) is 11.3 Å². The number of nitrogens with zero attached hydrogens (tertiary/aromatic N) is 5. The fourth-order valence-corrected chi connectivity index (χ4v) is 2.54. The van der Waals surface area contributed by atoms with Crippen molar-refractivity contribution in [1.29, 1.82) is 5.26 Å². The third-order valence-corrected chi connectivity index (χ3v) is 3.88. The molecule has 0 aliphatic carbocycles. The minimum absolute atomic E-state index is 0.0311. The Morgan fingerprint density at radius 3 is 2.69 bits per heavy atom. The van der Waals surface area contributed by atoms with Crippen LogP contribution < -0.4 is 5.32 Å². The smallest absolute Gasteiger partial charge is 0.227 e. The molecule has 7 nitrogen and oxygen atoms in total. The highest BCUT2D eigenvalue weighted by Gasteiger charge is 2.10. The molecule has 0 aliphatic heterocycles. The molecule has 2 heterocycles. The van der Waals surface area contributed by atoms with Gasteiger partial charge in [0.2, 0.25) is 5.95 Å². The van der Waals surface area contributed by atoms with Crippen LogP contribution in [0.3, 0.4) is 0 Å². The van der Waals surface area contributed by atoms with E-state index in [9.17, 15) is 4.79 Å². The standard InChI is InChI=1S/C19H18N6O/c1-13-10-21-19(23-16-11-22-25(2)12-16)24-18(13)15-7-5-14(6-8-15)17(26)4-3-9-20/h5-8,10-12H,3-4H2,1-2H3,(H,21,23,24). The molecule has 130 valence electrons. The van der Waals surface area contributed by atoms with E-state index in [0.29, 0.717) is 11.5 Å². The molecule has 3 aromatic rings. The van der Waals surface area contributed by atoms with Crippen molar-refractivity contribution in [2.24, 2.45) is 7.05 Å². The Labute approximate surface area is 151 Å². The van der Waals surface area contributed by atoms with Crippen LogP contribution in [0.2, 0.25) is 0 Å². The number of nitrogens with one attached hydrogen (secondary N) is 1. The second-order valence-corrected chi connectivity index (χ2v) is 5.91. The first-order valence-corrected chi connectivity index (χ1v) is 8.16. The molecular weight excluding hydrogens is 328 g/mol. The molecule has 0 saturated carbocycles. The molecular formula is C19H18N6O. The first-order valence-electron chi connectivity index (χ1n) is 8.16. The predicted octanol–water partition coefficient (Wildman–Crippen LogP) is 3.42. The third kappa shape index (κ3) is 3.92. The van der Waals surface area contributed by atoms with E-state index in [2.05, 4.69) is 20.4 Å². The molecule has 2 aromatic heterocycles. The summed E-state index contributed by atoms with van der Waals surface area (Å²) in [5.41, 5.74) is 4.04. The normalized spacial score (nSPS) is 10.3. The highest BCUT2D eigenvalue weighted by Crippen LogP contribution is 2.23. The second kappa shape index (κ2) is 7.57. The molecule has 0 unspecified atom stereocenters. The van der Waals surface area contributed by atoms with Gasteiger partial charge in [0.1, 0.15) is 0 Å². The molecule has 0 radical (unpaired) electrons. The summed E-state index contributed by atoms with van der Waals surface area (Å²) in [6, 6.07) is 9.26. The Kier molecular flexibility index (Phi) is 5.04. The van der Waals surface area contributed by atoms with Gasteiger partial charge in [-0.15, -0.1) is 0 Å². The lowest BCUT2D eigenvalue weighted by Crippen LogP contribution is -2.01. The number of aromatic nitrogens is 4. The van der Waals surface area contributed by atoms with Gasteiger partial charge < -0.3 is 5.32 Å². The quantitative estimate of drug-likeness (QED) is 0.687. The van der Waals surface area contributed by atoms with E-state index in [0.717, 1.165) is 22.5 Å². The van der Waals surface area contributed by atoms with Gasteiger partial charge in [-0.05, 0) is 12.5 Å². The lowest BCUT2D eigenvalue weighted by molar-refractivity contribution is 0.0984. The Hall–Kier alpha value is -3.53. The molecule has 3 rings (SSSR count). The van der Waals surface area contributed by atoms with E-state index in [-0.39, 0.29) is 18.6 Å². The van der Waals surface area contributed by atoms with Crippen molar-refractivity contribution in [3.05, 3.63) is 54.0 Å². The number of nitriles is 1. The van der Waals surface area contributed by atoms with Crippen molar-refractivity contribution in [3.8, 4) is 17.3 Å². The molecule has 7 heteroatoms. The molecule has 1 N–H and O–H groups in total. The molecule has 26 heavy (non-hydrogen) atoms. The zero-order valence-electron chi connectivity index (χ0n) is 14.6. The van der Waals surface area contributed by atoms with Gasteiger partial charge in [0.15, 0.2) is 5.78 Å². The fourth-order valence-electron chi connectivity index (χ4n) is 2.54. The van der Waals surface area contributed by atoms with Gasteiger partial charge in [-0.1, -0.05) is 24.3 Å². The first-order chi connectivity index (χ1) is 12.6. The average molecular weight is 346 g/mol. The zero-order valence-corrected chi connectivity index (χ0v) is 14.6. The topological polar surface area (TPSA) is 96.5 Å². The number of carbonyl (C=O) groups is 1. The summed E-state index contributed by atoms with van der Waals surface area (Å²) >= 11 is 0. The van der Waals surface area contributed by atoms with Crippen molar-refractivity contribution in [1.82, 2.24) is 19.7 Å². The largest absolute Gasteiger partial charge is 0.321 e. The minimum atomic E-state index is -0.0311. The van der Waals surface area contributed by atoms with Gasteiger partial charge >= 0.3 is 0 Å². The SMILES string of the molecule is Cc1cnc(Nc2cnn(C)c2)nc1-c1ccc(C(=O)CCC#N)cc1. The summed E-state index contributed by atoms with van der Waals surface area (Å²) in [5.74, 6) is 0.448. The molecule has 0 amide bonds. The first kappa shape index (κ1) is 17.3. The number of anilines is 2. The molecule has 0 spiro atoms. The van der Waals surface area contributed by atoms with Crippen molar-refractivity contribution in [3.63, 3.8) is 0 Å². The lowest BCUT2D eigenvalue weighted by atomic mass is 10.0. The molecule has 0 fully saturated rings. The van der Waals surface area contributed by atoms with E-state index in [1.165, 1.54) is 0 Å². The highest BCUT2D eigenvalue weighted by atomic mass is 16.1. The minimum Gasteiger partial charge on any atom is -0.321 e. The number of hydrogen-bond donors (Lipinski definition) is 1. The Balaban J connectivity index is 1.83. The number of aryl methyl sites for hydroxylation is 2. The van der Waals surface area contributed by atoms with Crippen LogP contribution >= 0.6 is 0 Å². The maximum absolute atomic E-state index is 12.0. The van der Waals surface area contributed by atoms with E-state index in [1.807, 2.05) is 38.4 Å². The maximum Gasteiger partial charge on any atom is 0.227 e. The summed E-state index contributed by atoms with van der Waals surface area (Å²) < 4.78 is 1.69. The van der Waals surface area contributed by atoms with Crippen LogP contribution in [-0.4, -0.2) is 25.5 Å². The van der Waals surface area contributed by atoms with E-state index in [4.69, 9.17) is 5.26 Å². The van der Waals surface area contributed by atoms with E-state index in [1.54, 1.807) is 29.2 Å². The van der Waals surface area contributed by atoms with Crippen LogP contribution in [-0.2, 0) is 7.05 Å².